The van der Waals surface area contributed by atoms with Gasteiger partial charge in [-0.1, -0.05) is 34.1 Å². The molecule has 1 aromatic rings. The number of carbonyl (C=O) groups excluding carboxylic acids is 1. The summed E-state index contributed by atoms with van der Waals surface area (Å²) in [6.45, 7) is 0. The van der Waals surface area contributed by atoms with Crippen molar-refractivity contribution >= 4 is 27.9 Å². The van der Waals surface area contributed by atoms with Crippen LogP contribution in [0.1, 0.15) is 18.4 Å². The highest BCUT2D eigenvalue weighted by molar-refractivity contribution is 9.10. The standard InChI is InChI=1S/C13H14BrNO2/c14-12-4-2-1-3-9(12)5-6-13(17)15-10-7-11(16)8-10/h1-6,10-11,16H,7-8H2,(H,15,17). The molecule has 1 aliphatic carbocycles. The number of aliphatic hydroxyl groups excluding tert-OH is 1. The van der Waals surface area contributed by atoms with Crippen molar-refractivity contribution in [2.45, 2.75) is 25.0 Å². The topological polar surface area (TPSA) is 49.3 Å². The molecule has 0 aromatic heterocycles. The lowest BCUT2D eigenvalue weighted by molar-refractivity contribution is -0.118. The molecular formula is C13H14BrNO2. The molecule has 17 heavy (non-hydrogen) atoms. The molecule has 1 fully saturated rings. The summed E-state index contributed by atoms with van der Waals surface area (Å²) < 4.78 is 0.961. The lowest BCUT2D eigenvalue weighted by atomic mass is 9.89. The first-order valence-electron chi connectivity index (χ1n) is 5.56. The molecule has 1 aliphatic rings. The third kappa shape index (κ3) is 3.41. The number of nitrogens with one attached hydrogen (secondary N) is 1. The Balaban J connectivity index is 1.88. The van der Waals surface area contributed by atoms with Crippen LogP contribution in [-0.4, -0.2) is 23.2 Å². The molecule has 0 heterocycles. The maximum Gasteiger partial charge on any atom is 0.244 e. The van der Waals surface area contributed by atoms with Crippen LogP contribution < -0.4 is 5.32 Å². The molecule has 0 saturated heterocycles. The van der Waals surface area contributed by atoms with Crippen LogP contribution in [0.25, 0.3) is 6.08 Å². The van der Waals surface area contributed by atoms with Gasteiger partial charge in [0.1, 0.15) is 0 Å². The number of halogens is 1. The first kappa shape index (κ1) is 12.3. The van der Waals surface area contributed by atoms with E-state index in [0.717, 1.165) is 10.0 Å². The molecular weight excluding hydrogens is 282 g/mol. The van der Waals surface area contributed by atoms with Crippen molar-refractivity contribution in [3.63, 3.8) is 0 Å². The molecule has 3 nitrogen and oxygen atoms in total. The van der Waals surface area contributed by atoms with Crippen molar-refractivity contribution in [1.29, 1.82) is 0 Å². The minimum Gasteiger partial charge on any atom is -0.393 e. The van der Waals surface area contributed by atoms with E-state index in [1.165, 1.54) is 6.08 Å². The van der Waals surface area contributed by atoms with Crippen LogP contribution >= 0.6 is 15.9 Å². The Bertz CT molecular complexity index is 439. The summed E-state index contributed by atoms with van der Waals surface area (Å²) in [6, 6.07) is 7.84. The number of benzene rings is 1. The second-order valence-corrected chi connectivity index (χ2v) is 5.04. The van der Waals surface area contributed by atoms with E-state index in [1.807, 2.05) is 24.3 Å². The third-order valence-electron chi connectivity index (χ3n) is 2.78. The Kier molecular flexibility index (Phi) is 3.97. The van der Waals surface area contributed by atoms with E-state index in [-0.39, 0.29) is 18.1 Å². The van der Waals surface area contributed by atoms with E-state index < -0.39 is 0 Å². The van der Waals surface area contributed by atoms with Gasteiger partial charge in [0.05, 0.1) is 6.10 Å². The molecule has 0 atom stereocenters. The third-order valence-corrected chi connectivity index (χ3v) is 3.50. The van der Waals surface area contributed by atoms with Crippen LogP contribution in [-0.2, 0) is 4.79 Å². The normalized spacial score (nSPS) is 23.4. The maximum absolute atomic E-state index is 11.5. The quantitative estimate of drug-likeness (QED) is 0.839. The van der Waals surface area contributed by atoms with Gasteiger partial charge in [0.25, 0.3) is 0 Å². The first-order chi connectivity index (χ1) is 8.15. The Labute approximate surface area is 109 Å². The minimum atomic E-state index is -0.243. The number of hydrogen-bond acceptors (Lipinski definition) is 2. The molecule has 0 radical (unpaired) electrons. The Morgan fingerprint density at radius 3 is 2.76 bits per heavy atom. The molecule has 0 unspecified atom stereocenters. The van der Waals surface area contributed by atoms with Gasteiger partial charge in [-0.3, -0.25) is 4.79 Å². The average molecular weight is 296 g/mol. The highest BCUT2D eigenvalue weighted by atomic mass is 79.9. The number of aliphatic hydroxyl groups is 1. The largest absolute Gasteiger partial charge is 0.393 e. The smallest absolute Gasteiger partial charge is 0.244 e. The highest BCUT2D eigenvalue weighted by Crippen LogP contribution is 2.19. The van der Waals surface area contributed by atoms with Crippen LogP contribution in [0.15, 0.2) is 34.8 Å². The molecule has 2 N–H and O–H groups in total. The van der Waals surface area contributed by atoms with Crippen molar-refractivity contribution in [1.82, 2.24) is 5.32 Å². The average Bonchev–Trinajstić information content (AvgIpc) is 2.26. The van der Waals surface area contributed by atoms with Crippen LogP contribution in [0.5, 0.6) is 0 Å². The fraction of sp³-hybridized carbons (Fsp3) is 0.308. The maximum atomic E-state index is 11.5. The van der Waals surface area contributed by atoms with Crippen LogP contribution in [0, 0.1) is 0 Å². The molecule has 90 valence electrons. The van der Waals surface area contributed by atoms with E-state index >= 15 is 0 Å². The van der Waals surface area contributed by atoms with Crippen molar-refractivity contribution in [2.24, 2.45) is 0 Å². The highest BCUT2D eigenvalue weighted by Gasteiger charge is 2.27. The number of hydrogen-bond donors (Lipinski definition) is 2. The molecule has 0 aliphatic heterocycles. The van der Waals surface area contributed by atoms with Gasteiger partial charge in [-0.15, -0.1) is 0 Å². The SMILES string of the molecule is O=C(C=Cc1ccccc1Br)NC1CC(O)C1. The van der Waals surface area contributed by atoms with Crippen molar-refractivity contribution in [2.75, 3.05) is 0 Å². The monoisotopic (exact) mass is 295 g/mol. The molecule has 1 aromatic carbocycles. The molecule has 1 amide bonds. The zero-order chi connectivity index (χ0) is 12.3. The summed E-state index contributed by atoms with van der Waals surface area (Å²) in [5.41, 5.74) is 0.969. The molecule has 0 bridgehead atoms. The predicted molar refractivity (Wildman–Crippen MR) is 70.3 cm³/mol. The van der Waals surface area contributed by atoms with Gasteiger partial charge in [-0.2, -0.15) is 0 Å². The van der Waals surface area contributed by atoms with E-state index in [1.54, 1.807) is 6.08 Å². The lowest BCUT2D eigenvalue weighted by Gasteiger charge is -2.31. The number of rotatable bonds is 3. The lowest BCUT2D eigenvalue weighted by Crippen LogP contribution is -2.46. The first-order valence-corrected chi connectivity index (χ1v) is 6.35. The Hall–Kier alpha value is -1.13. The zero-order valence-electron chi connectivity index (χ0n) is 9.27. The van der Waals surface area contributed by atoms with Gasteiger partial charge in [-0.05, 0) is 30.5 Å². The molecule has 2 rings (SSSR count). The fourth-order valence-corrected chi connectivity index (χ4v) is 2.15. The Morgan fingerprint density at radius 2 is 2.12 bits per heavy atom. The Morgan fingerprint density at radius 1 is 1.41 bits per heavy atom. The minimum absolute atomic E-state index is 0.113. The number of carbonyl (C=O) groups is 1. The van der Waals surface area contributed by atoms with Crippen LogP contribution in [0.4, 0.5) is 0 Å². The van der Waals surface area contributed by atoms with E-state index in [9.17, 15) is 4.79 Å². The summed E-state index contributed by atoms with van der Waals surface area (Å²) in [6.07, 6.45) is 4.37. The molecule has 0 spiro atoms. The van der Waals surface area contributed by atoms with Crippen LogP contribution in [0.2, 0.25) is 0 Å². The second kappa shape index (κ2) is 5.47. The van der Waals surface area contributed by atoms with Gasteiger partial charge in [0, 0.05) is 16.6 Å². The second-order valence-electron chi connectivity index (χ2n) is 4.19. The van der Waals surface area contributed by atoms with Crippen LogP contribution in [0.3, 0.4) is 0 Å². The summed E-state index contributed by atoms with van der Waals surface area (Å²) in [5, 5.41) is 11.9. The number of amides is 1. The van der Waals surface area contributed by atoms with Gasteiger partial charge < -0.3 is 10.4 Å². The van der Waals surface area contributed by atoms with E-state index in [0.29, 0.717) is 12.8 Å². The summed E-state index contributed by atoms with van der Waals surface area (Å²) in [7, 11) is 0. The van der Waals surface area contributed by atoms with Crippen molar-refractivity contribution in [3.8, 4) is 0 Å². The predicted octanol–water partition coefficient (Wildman–Crippen LogP) is 2.10. The zero-order valence-corrected chi connectivity index (χ0v) is 10.9. The van der Waals surface area contributed by atoms with E-state index in [2.05, 4.69) is 21.2 Å². The molecule has 1 saturated carbocycles. The van der Waals surface area contributed by atoms with Gasteiger partial charge in [-0.25, -0.2) is 0 Å². The van der Waals surface area contributed by atoms with Crippen molar-refractivity contribution in [3.05, 3.63) is 40.4 Å². The fourth-order valence-electron chi connectivity index (χ4n) is 1.73. The summed E-state index contributed by atoms with van der Waals surface area (Å²) in [4.78, 5) is 11.5. The summed E-state index contributed by atoms with van der Waals surface area (Å²) >= 11 is 3.41. The van der Waals surface area contributed by atoms with Gasteiger partial charge >= 0.3 is 0 Å². The van der Waals surface area contributed by atoms with Gasteiger partial charge in [0.15, 0.2) is 0 Å². The summed E-state index contributed by atoms with van der Waals surface area (Å²) in [5.74, 6) is -0.113. The molecule has 4 heteroatoms. The van der Waals surface area contributed by atoms with E-state index in [4.69, 9.17) is 5.11 Å². The van der Waals surface area contributed by atoms with Gasteiger partial charge in [0.2, 0.25) is 5.91 Å². The van der Waals surface area contributed by atoms with Crippen molar-refractivity contribution < 1.29 is 9.90 Å².